The molecule has 0 amide bonds. The Hall–Kier alpha value is -2.07. The lowest BCUT2D eigenvalue weighted by Gasteiger charge is -2.10. The summed E-state index contributed by atoms with van der Waals surface area (Å²) in [7, 11) is 0. The van der Waals surface area contributed by atoms with E-state index >= 15 is 0 Å². The zero-order chi connectivity index (χ0) is 14.5. The quantitative estimate of drug-likeness (QED) is 0.764. The smallest absolute Gasteiger partial charge is 0.218 e. The summed E-state index contributed by atoms with van der Waals surface area (Å²) in [5, 5.41) is 0. The van der Waals surface area contributed by atoms with Crippen LogP contribution in [0.4, 0.5) is 5.95 Å². The van der Waals surface area contributed by atoms with Gasteiger partial charge in [0.15, 0.2) is 0 Å². The van der Waals surface area contributed by atoms with Crippen LogP contribution in [-0.2, 0) is 0 Å². The highest BCUT2D eigenvalue weighted by Crippen LogP contribution is 2.19. The van der Waals surface area contributed by atoms with E-state index in [0.29, 0.717) is 5.95 Å². The molecule has 3 rings (SSSR count). The van der Waals surface area contributed by atoms with Crippen LogP contribution >= 0.6 is 15.9 Å². The van der Waals surface area contributed by atoms with Gasteiger partial charge in [0.25, 0.3) is 0 Å². The summed E-state index contributed by atoms with van der Waals surface area (Å²) in [5.74, 6) is 0.469. The molecule has 0 saturated heterocycles. The van der Waals surface area contributed by atoms with Gasteiger partial charge < -0.3 is 0 Å². The molecular formula is C17H14BrN3. The van der Waals surface area contributed by atoms with Crippen LogP contribution in [0.25, 0.3) is 0 Å². The fraction of sp³-hybridized carbons (Fsp3) is 0.118. The fourth-order valence-corrected chi connectivity index (χ4v) is 2.35. The van der Waals surface area contributed by atoms with Crippen molar-refractivity contribution in [2.45, 2.75) is 12.8 Å². The van der Waals surface area contributed by atoms with E-state index < -0.39 is 0 Å². The van der Waals surface area contributed by atoms with Gasteiger partial charge in [-0.15, -0.1) is 0 Å². The maximum Gasteiger partial charge on any atom is 0.249 e. The number of aromatic nitrogens is 2. The van der Waals surface area contributed by atoms with E-state index in [1.807, 2.05) is 18.2 Å². The monoisotopic (exact) mass is 339 g/mol. The molecule has 1 heterocycles. The van der Waals surface area contributed by atoms with Gasteiger partial charge in [-0.3, -0.25) is 0 Å². The lowest BCUT2D eigenvalue weighted by atomic mass is 9.97. The molecule has 1 aliphatic rings. The van der Waals surface area contributed by atoms with Crippen molar-refractivity contribution in [2.24, 2.45) is 4.99 Å². The van der Waals surface area contributed by atoms with Gasteiger partial charge in [0, 0.05) is 18.0 Å². The number of benzene rings is 1. The fourth-order valence-electron chi connectivity index (χ4n) is 2.14. The Kier molecular flexibility index (Phi) is 4.36. The molecule has 0 aliphatic heterocycles. The first kappa shape index (κ1) is 13.9. The third kappa shape index (κ3) is 3.52. The molecule has 0 fully saturated rings. The van der Waals surface area contributed by atoms with E-state index in [1.54, 1.807) is 12.4 Å². The summed E-state index contributed by atoms with van der Waals surface area (Å²) in [4.78, 5) is 13.1. The Balaban J connectivity index is 2.05. The van der Waals surface area contributed by atoms with Gasteiger partial charge >= 0.3 is 0 Å². The molecule has 1 aromatic carbocycles. The Labute approximate surface area is 132 Å². The van der Waals surface area contributed by atoms with Crippen LogP contribution in [-0.4, -0.2) is 15.7 Å². The molecule has 0 radical (unpaired) electrons. The highest BCUT2D eigenvalue weighted by atomic mass is 79.9. The van der Waals surface area contributed by atoms with Crippen molar-refractivity contribution in [3.8, 4) is 0 Å². The summed E-state index contributed by atoms with van der Waals surface area (Å²) >= 11 is 3.34. The molecule has 0 saturated carbocycles. The van der Waals surface area contributed by atoms with E-state index in [0.717, 1.165) is 34.2 Å². The second-order valence-electron chi connectivity index (χ2n) is 4.67. The summed E-state index contributed by atoms with van der Waals surface area (Å²) in [6.45, 7) is 0. The molecule has 0 N–H and O–H groups in total. The van der Waals surface area contributed by atoms with Gasteiger partial charge in [-0.25, -0.2) is 15.0 Å². The minimum atomic E-state index is 0.469. The third-order valence-corrected chi connectivity index (χ3v) is 3.54. The number of rotatable bonds is 3. The van der Waals surface area contributed by atoms with Gasteiger partial charge in [0.1, 0.15) is 0 Å². The number of aliphatic imine (C=N–C) groups is 1. The summed E-state index contributed by atoms with van der Waals surface area (Å²) < 4.78 is 0.847. The van der Waals surface area contributed by atoms with Crippen molar-refractivity contribution in [3.05, 3.63) is 76.6 Å². The van der Waals surface area contributed by atoms with Gasteiger partial charge in [0.05, 0.1) is 10.2 Å². The van der Waals surface area contributed by atoms with Gasteiger partial charge in [-0.05, 0) is 34.3 Å². The highest BCUT2D eigenvalue weighted by Gasteiger charge is 2.10. The van der Waals surface area contributed by atoms with Crippen molar-refractivity contribution in [3.63, 3.8) is 0 Å². The first-order valence-electron chi connectivity index (χ1n) is 6.82. The van der Waals surface area contributed by atoms with Crippen molar-refractivity contribution < 1.29 is 0 Å². The Morgan fingerprint density at radius 1 is 1.05 bits per heavy atom. The highest BCUT2D eigenvalue weighted by molar-refractivity contribution is 9.10. The Bertz CT molecular complexity index is 701. The lowest BCUT2D eigenvalue weighted by Crippen LogP contribution is -2.05. The van der Waals surface area contributed by atoms with Gasteiger partial charge in [-0.1, -0.05) is 48.6 Å². The molecule has 104 valence electrons. The van der Waals surface area contributed by atoms with Crippen molar-refractivity contribution in [2.75, 3.05) is 0 Å². The SMILES string of the molecule is Brc1cnc(N=C(C2=CCCC=C2)c2ccccc2)nc1. The van der Waals surface area contributed by atoms with Crippen molar-refractivity contribution in [1.82, 2.24) is 9.97 Å². The third-order valence-electron chi connectivity index (χ3n) is 3.13. The Morgan fingerprint density at radius 2 is 1.81 bits per heavy atom. The molecule has 4 heteroatoms. The molecule has 0 bridgehead atoms. The van der Waals surface area contributed by atoms with Gasteiger partial charge in [0.2, 0.25) is 5.95 Å². The zero-order valence-corrected chi connectivity index (χ0v) is 13.0. The normalized spacial score (nSPS) is 14.9. The molecule has 21 heavy (non-hydrogen) atoms. The molecule has 2 aromatic rings. The maximum absolute atomic E-state index is 4.65. The predicted octanol–water partition coefficient (Wildman–Crippen LogP) is 4.64. The van der Waals surface area contributed by atoms with Gasteiger partial charge in [-0.2, -0.15) is 0 Å². The maximum atomic E-state index is 4.65. The average Bonchev–Trinajstić information content (AvgIpc) is 2.56. The van der Waals surface area contributed by atoms with Crippen LogP contribution in [0.5, 0.6) is 0 Å². The zero-order valence-electron chi connectivity index (χ0n) is 11.4. The van der Waals surface area contributed by atoms with E-state index in [1.165, 1.54) is 0 Å². The second-order valence-corrected chi connectivity index (χ2v) is 5.58. The lowest BCUT2D eigenvalue weighted by molar-refractivity contribution is 1.03. The number of nitrogens with zero attached hydrogens (tertiary/aromatic N) is 3. The van der Waals surface area contributed by atoms with E-state index in [4.69, 9.17) is 0 Å². The standard InChI is InChI=1S/C17H14BrN3/c18-15-11-19-17(20-12-15)21-16(13-7-3-1-4-8-13)14-9-5-2-6-10-14/h1,3-5,7-12H,2,6H2. The number of hydrogen-bond acceptors (Lipinski definition) is 3. The molecule has 1 aliphatic carbocycles. The van der Waals surface area contributed by atoms with Crippen molar-refractivity contribution >= 4 is 27.6 Å². The van der Waals surface area contributed by atoms with E-state index in [-0.39, 0.29) is 0 Å². The minimum absolute atomic E-state index is 0.469. The summed E-state index contributed by atoms with van der Waals surface area (Å²) in [6.07, 6.45) is 12.0. The van der Waals surface area contributed by atoms with E-state index in [2.05, 4.69) is 61.3 Å². The summed E-state index contributed by atoms with van der Waals surface area (Å²) in [5.41, 5.74) is 3.11. The number of allylic oxidation sites excluding steroid dienone is 4. The predicted molar refractivity (Wildman–Crippen MR) is 88.8 cm³/mol. The second kappa shape index (κ2) is 6.59. The van der Waals surface area contributed by atoms with Crippen LogP contribution in [0, 0.1) is 0 Å². The van der Waals surface area contributed by atoms with Crippen LogP contribution < -0.4 is 0 Å². The van der Waals surface area contributed by atoms with E-state index in [9.17, 15) is 0 Å². The largest absolute Gasteiger partial charge is 0.249 e. The minimum Gasteiger partial charge on any atom is -0.218 e. The molecule has 3 nitrogen and oxygen atoms in total. The van der Waals surface area contributed by atoms with Crippen molar-refractivity contribution in [1.29, 1.82) is 0 Å². The number of halogens is 1. The summed E-state index contributed by atoms with van der Waals surface area (Å²) in [6, 6.07) is 10.1. The van der Waals surface area contributed by atoms with Crippen LogP contribution in [0.1, 0.15) is 18.4 Å². The number of hydrogen-bond donors (Lipinski definition) is 0. The van der Waals surface area contributed by atoms with Crippen LogP contribution in [0.3, 0.4) is 0 Å². The first-order valence-corrected chi connectivity index (χ1v) is 7.61. The Morgan fingerprint density at radius 3 is 2.48 bits per heavy atom. The molecule has 0 unspecified atom stereocenters. The average molecular weight is 340 g/mol. The first-order chi connectivity index (χ1) is 10.3. The molecule has 0 spiro atoms. The van der Waals surface area contributed by atoms with Crippen LogP contribution in [0.2, 0.25) is 0 Å². The van der Waals surface area contributed by atoms with Crippen LogP contribution in [0.15, 0.2) is 76.0 Å². The molecule has 1 aromatic heterocycles. The molecular weight excluding hydrogens is 326 g/mol. The topological polar surface area (TPSA) is 38.1 Å². The molecule has 0 atom stereocenters.